The van der Waals surface area contributed by atoms with Gasteiger partial charge in [0.15, 0.2) is 0 Å². The molecule has 7 heteroatoms. The molecule has 0 aliphatic rings. The van der Waals surface area contributed by atoms with Crippen LogP contribution in [0.3, 0.4) is 0 Å². The van der Waals surface area contributed by atoms with Crippen LogP contribution in [0.25, 0.3) is 0 Å². The van der Waals surface area contributed by atoms with Gasteiger partial charge in [-0.25, -0.2) is 9.59 Å². The smallest absolute Gasteiger partial charge is 0.412 e. The van der Waals surface area contributed by atoms with Gasteiger partial charge in [0, 0.05) is 16.9 Å². The first-order valence-electron chi connectivity index (χ1n) is 8.86. The monoisotopic (exact) mass is 384 g/mol. The van der Waals surface area contributed by atoms with Crippen LogP contribution in [0, 0.1) is 0 Å². The van der Waals surface area contributed by atoms with Gasteiger partial charge in [-0.2, -0.15) is 0 Å². The van der Waals surface area contributed by atoms with Gasteiger partial charge < -0.3 is 14.8 Å². The van der Waals surface area contributed by atoms with E-state index in [1.807, 2.05) is 0 Å². The highest BCUT2D eigenvalue weighted by molar-refractivity contribution is 6.05. The predicted octanol–water partition coefficient (Wildman–Crippen LogP) is 4.46. The van der Waals surface area contributed by atoms with E-state index in [2.05, 4.69) is 10.6 Å². The molecule has 0 aliphatic carbocycles. The molecule has 0 fully saturated rings. The highest BCUT2D eigenvalue weighted by atomic mass is 16.6. The molecule has 28 heavy (non-hydrogen) atoms. The zero-order valence-corrected chi connectivity index (χ0v) is 16.4. The average Bonchev–Trinajstić information content (AvgIpc) is 2.60. The first-order valence-corrected chi connectivity index (χ1v) is 8.86. The van der Waals surface area contributed by atoms with Crippen molar-refractivity contribution in [2.75, 3.05) is 17.2 Å². The SMILES string of the molecule is CCOC(=O)c1ccc(C(=O)Nc2cccc(NC(=O)OC(C)(C)C)c2)cc1. The van der Waals surface area contributed by atoms with Crippen molar-refractivity contribution in [3.05, 3.63) is 59.7 Å². The Kier molecular flexibility index (Phi) is 6.76. The molecular weight excluding hydrogens is 360 g/mol. The summed E-state index contributed by atoms with van der Waals surface area (Å²) in [5.74, 6) is -0.778. The molecule has 2 amide bonds. The Morgan fingerprint density at radius 2 is 1.46 bits per heavy atom. The fourth-order valence-corrected chi connectivity index (χ4v) is 2.27. The van der Waals surface area contributed by atoms with Crippen molar-refractivity contribution in [1.29, 1.82) is 0 Å². The van der Waals surface area contributed by atoms with Gasteiger partial charge in [-0.05, 0) is 70.2 Å². The summed E-state index contributed by atoms with van der Waals surface area (Å²) in [4.78, 5) is 35.9. The average molecular weight is 384 g/mol. The number of amides is 2. The van der Waals surface area contributed by atoms with Crippen LogP contribution in [0.2, 0.25) is 0 Å². The molecule has 0 aliphatic heterocycles. The van der Waals surface area contributed by atoms with Gasteiger partial charge in [0.25, 0.3) is 5.91 Å². The number of nitrogens with one attached hydrogen (secondary N) is 2. The summed E-state index contributed by atoms with van der Waals surface area (Å²) in [5, 5.41) is 5.37. The van der Waals surface area contributed by atoms with E-state index in [4.69, 9.17) is 9.47 Å². The van der Waals surface area contributed by atoms with Gasteiger partial charge in [-0.1, -0.05) is 6.07 Å². The van der Waals surface area contributed by atoms with E-state index in [0.29, 0.717) is 22.5 Å². The summed E-state index contributed by atoms with van der Waals surface area (Å²) >= 11 is 0. The van der Waals surface area contributed by atoms with E-state index in [1.54, 1.807) is 64.1 Å². The number of rotatable bonds is 5. The maximum absolute atomic E-state index is 12.4. The number of hydrogen-bond donors (Lipinski definition) is 2. The molecule has 0 saturated carbocycles. The molecule has 0 heterocycles. The topological polar surface area (TPSA) is 93.7 Å². The predicted molar refractivity (Wildman–Crippen MR) is 107 cm³/mol. The fraction of sp³-hybridized carbons (Fsp3) is 0.286. The maximum atomic E-state index is 12.4. The van der Waals surface area contributed by atoms with Gasteiger partial charge in [0.05, 0.1) is 12.2 Å². The summed E-state index contributed by atoms with van der Waals surface area (Å²) in [6.45, 7) is 7.34. The largest absolute Gasteiger partial charge is 0.462 e. The number of carbonyl (C=O) groups excluding carboxylic acids is 3. The van der Waals surface area contributed by atoms with E-state index in [-0.39, 0.29) is 12.5 Å². The van der Waals surface area contributed by atoms with E-state index in [0.717, 1.165) is 0 Å². The molecular formula is C21H24N2O5. The molecule has 148 valence electrons. The lowest BCUT2D eigenvalue weighted by Crippen LogP contribution is -2.27. The van der Waals surface area contributed by atoms with Crippen molar-refractivity contribution in [3.8, 4) is 0 Å². The van der Waals surface area contributed by atoms with E-state index in [1.165, 1.54) is 12.1 Å². The second kappa shape index (κ2) is 9.03. The molecule has 0 saturated heterocycles. The molecule has 0 spiro atoms. The summed E-state index contributed by atoms with van der Waals surface area (Å²) in [5.41, 5.74) is 1.16. The van der Waals surface area contributed by atoms with Crippen molar-refractivity contribution in [3.63, 3.8) is 0 Å². The van der Waals surface area contributed by atoms with Crippen molar-refractivity contribution < 1.29 is 23.9 Å². The third-order valence-electron chi connectivity index (χ3n) is 3.42. The van der Waals surface area contributed by atoms with Crippen molar-refractivity contribution in [2.45, 2.75) is 33.3 Å². The maximum Gasteiger partial charge on any atom is 0.412 e. The van der Waals surface area contributed by atoms with Crippen molar-refractivity contribution in [1.82, 2.24) is 0 Å². The second-order valence-electron chi connectivity index (χ2n) is 6.96. The zero-order valence-electron chi connectivity index (χ0n) is 16.4. The quantitative estimate of drug-likeness (QED) is 0.742. The third kappa shape index (κ3) is 6.42. The van der Waals surface area contributed by atoms with E-state index >= 15 is 0 Å². The lowest BCUT2D eigenvalue weighted by molar-refractivity contribution is 0.0525. The Labute approximate surface area is 164 Å². The van der Waals surface area contributed by atoms with Crippen LogP contribution in [-0.4, -0.2) is 30.2 Å². The Morgan fingerprint density at radius 3 is 2.04 bits per heavy atom. The Bertz CT molecular complexity index is 854. The number of esters is 1. The van der Waals surface area contributed by atoms with Crippen LogP contribution in [-0.2, 0) is 9.47 Å². The number of ether oxygens (including phenoxy) is 2. The zero-order chi connectivity index (χ0) is 20.7. The van der Waals surface area contributed by atoms with Gasteiger partial charge in [0.2, 0.25) is 0 Å². The summed E-state index contributed by atoms with van der Waals surface area (Å²) in [7, 11) is 0. The van der Waals surface area contributed by atoms with Crippen LogP contribution < -0.4 is 10.6 Å². The molecule has 2 aromatic carbocycles. The number of carbonyl (C=O) groups is 3. The summed E-state index contributed by atoms with van der Waals surface area (Å²) in [6.07, 6.45) is -0.578. The van der Waals surface area contributed by atoms with E-state index < -0.39 is 17.7 Å². The minimum absolute atomic E-state index is 0.286. The number of anilines is 2. The van der Waals surface area contributed by atoms with Crippen LogP contribution in [0.5, 0.6) is 0 Å². The first kappa shape index (κ1) is 21.0. The Morgan fingerprint density at radius 1 is 0.893 bits per heavy atom. The first-order chi connectivity index (χ1) is 13.2. The third-order valence-corrected chi connectivity index (χ3v) is 3.42. The molecule has 0 atom stereocenters. The minimum atomic E-state index is -0.606. The van der Waals surface area contributed by atoms with Crippen LogP contribution in [0.4, 0.5) is 16.2 Å². The standard InChI is InChI=1S/C21H24N2O5/c1-5-27-19(25)15-11-9-14(10-12-15)18(24)22-16-7-6-8-17(13-16)23-20(26)28-21(2,3)4/h6-13H,5H2,1-4H3,(H,22,24)(H,23,26). The Balaban J connectivity index is 2.02. The van der Waals surface area contributed by atoms with Crippen molar-refractivity contribution >= 4 is 29.3 Å². The molecule has 0 aromatic heterocycles. The van der Waals surface area contributed by atoms with Gasteiger partial charge in [-0.15, -0.1) is 0 Å². The molecule has 2 N–H and O–H groups in total. The normalized spacial score (nSPS) is 10.7. The lowest BCUT2D eigenvalue weighted by atomic mass is 10.1. The summed E-state index contributed by atoms with van der Waals surface area (Å²) in [6, 6.07) is 12.9. The molecule has 2 rings (SSSR count). The lowest BCUT2D eigenvalue weighted by Gasteiger charge is -2.19. The minimum Gasteiger partial charge on any atom is -0.462 e. The second-order valence-corrected chi connectivity index (χ2v) is 6.96. The van der Waals surface area contributed by atoms with Crippen LogP contribution >= 0.6 is 0 Å². The molecule has 0 unspecified atom stereocenters. The molecule has 2 aromatic rings. The van der Waals surface area contributed by atoms with Crippen molar-refractivity contribution in [2.24, 2.45) is 0 Å². The highest BCUT2D eigenvalue weighted by Crippen LogP contribution is 2.18. The van der Waals surface area contributed by atoms with Gasteiger partial charge in [0.1, 0.15) is 5.60 Å². The number of hydrogen-bond acceptors (Lipinski definition) is 5. The van der Waals surface area contributed by atoms with E-state index in [9.17, 15) is 14.4 Å². The fourth-order valence-electron chi connectivity index (χ4n) is 2.27. The van der Waals surface area contributed by atoms with Gasteiger partial charge >= 0.3 is 12.1 Å². The molecule has 7 nitrogen and oxygen atoms in total. The van der Waals surface area contributed by atoms with Gasteiger partial charge in [-0.3, -0.25) is 10.1 Å². The van der Waals surface area contributed by atoms with Crippen LogP contribution in [0.15, 0.2) is 48.5 Å². The molecule has 0 bridgehead atoms. The molecule has 0 radical (unpaired) electrons. The Hall–Kier alpha value is -3.35. The summed E-state index contributed by atoms with van der Waals surface area (Å²) < 4.78 is 10.1. The van der Waals surface area contributed by atoms with Crippen LogP contribution in [0.1, 0.15) is 48.4 Å². The highest BCUT2D eigenvalue weighted by Gasteiger charge is 2.16. The number of benzene rings is 2.